The Kier molecular flexibility index (Phi) is 4.02. The van der Waals surface area contributed by atoms with Crippen LogP contribution in [0, 0.1) is 6.92 Å². The molecule has 1 atom stereocenters. The number of hydrogen-bond acceptors (Lipinski definition) is 5. The van der Waals surface area contributed by atoms with E-state index in [-0.39, 0.29) is 11.7 Å². The molecule has 0 bridgehead atoms. The van der Waals surface area contributed by atoms with Crippen LogP contribution in [0.4, 0.5) is 5.95 Å². The van der Waals surface area contributed by atoms with E-state index in [4.69, 9.17) is 9.72 Å². The molecule has 1 fully saturated rings. The minimum atomic E-state index is 0.148. The van der Waals surface area contributed by atoms with Crippen LogP contribution < -0.4 is 4.90 Å². The number of carbonyl (C=O) groups excluding carboxylic acids is 1. The summed E-state index contributed by atoms with van der Waals surface area (Å²) in [5.74, 6) is 1.07. The van der Waals surface area contributed by atoms with E-state index >= 15 is 0 Å². The fourth-order valence-electron chi connectivity index (χ4n) is 3.42. The third-order valence-electron chi connectivity index (χ3n) is 4.87. The standard InChI is InChI=1S/C19H21N3O2/c1-13-2-4-14(5-3-13)15-10-17-16(18(23)11-15)12-20-19(21-17)22-6-8-24-9-7-22/h2-5,12,15H,6-11H2,1H3/t15-/m0/s1. The molecule has 124 valence electrons. The smallest absolute Gasteiger partial charge is 0.225 e. The van der Waals surface area contributed by atoms with Crippen molar-refractivity contribution in [1.29, 1.82) is 0 Å². The fourth-order valence-corrected chi connectivity index (χ4v) is 3.42. The summed E-state index contributed by atoms with van der Waals surface area (Å²) in [5, 5.41) is 0. The number of morpholine rings is 1. The predicted molar refractivity (Wildman–Crippen MR) is 91.6 cm³/mol. The summed E-state index contributed by atoms with van der Waals surface area (Å²) in [6.45, 7) is 5.08. The lowest BCUT2D eigenvalue weighted by Crippen LogP contribution is -2.37. The molecule has 2 aromatic rings. The molecule has 5 heteroatoms. The van der Waals surface area contributed by atoms with Crippen molar-refractivity contribution in [2.45, 2.75) is 25.7 Å². The number of hydrogen-bond donors (Lipinski definition) is 0. The van der Waals surface area contributed by atoms with Gasteiger partial charge in [0.05, 0.1) is 24.5 Å². The highest BCUT2D eigenvalue weighted by Crippen LogP contribution is 2.32. The molecule has 0 unspecified atom stereocenters. The van der Waals surface area contributed by atoms with Crippen molar-refractivity contribution in [1.82, 2.24) is 9.97 Å². The molecule has 1 saturated heterocycles. The fraction of sp³-hybridized carbons (Fsp3) is 0.421. The third kappa shape index (κ3) is 2.91. The summed E-state index contributed by atoms with van der Waals surface area (Å²) in [6.07, 6.45) is 3.04. The molecular weight excluding hydrogens is 302 g/mol. The Hall–Kier alpha value is -2.27. The number of rotatable bonds is 2. The van der Waals surface area contributed by atoms with E-state index < -0.39 is 0 Å². The molecule has 2 heterocycles. The zero-order valence-corrected chi connectivity index (χ0v) is 13.9. The number of ether oxygens (including phenoxy) is 1. The second-order valence-electron chi connectivity index (χ2n) is 6.57. The van der Waals surface area contributed by atoms with Gasteiger partial charge < -0.3 is 9.64 Å². The zero-order chi connectivity index (χ0) is 16.5. The molecule has 0 radical (unpaired) electrons. The average Bonchev–Trinajstić information content (AvgIpc) is 2.62. The van der Waals surface area contributed by atoms with Gasteiger partial charge in [-0.2, -0.15) is 0 Å². The first-order valence-electron chi connectivity index (χ1n) is 8.49. The quantitative estimate of drug-likeness (QED) is 0.850. The van der Waals surface area contributed by atoms with Crippen LogP contribution in [-0.2, 0) is 11.2 Å². The van der Waals surface area contributed by atoms with Crippen LogP contribution in [-0.4, -0.2) is 42.1 Å². The minimum absolute atomic E-state index is 0.148. The molecule has 5 nitrogen and oxygen atoms in total. The maximum atomic E-state index is 12.5. The van der Waals surface area contributed by atoms with Crippen LogP contribution in [0.1, 0.15) is 39.5 Å². The molecule has 0 amide bonds. The normalized spacial score (nSPS) is 20.8. The van der Waals surface area contributed by atoms with E-state index in [0.717, 1.165) is 31.2 Å². The van der Waals surface area contributed by atoms with Crippen molar-refractivity contribution < 1.29 is 9.53 Å². The predicted octanol–water partition coefficient (Wildman–Crippen LogP) is 2.53. The number of nitrogens with zero attached hydrogens (tertiary/aromatic N) is 3. The Morgan fingerprint density at radius 2 is 1.88 bits per heavy atom. The Morgan fingerprint density at radius 3 is 2.62 bits per heavy atom. The maximum Gasteiger partial charge on any atom is 0.225 e. The van der Waals surface area contributed by atoms with Gasteiger partial charge in [-0.1, -0.05) is 29.8 Å². The first kappa shape index (κ1) is 15.3. The van der Waals surface area contributed by atoms with Gasteiger partial charge in [-0.05, 0) is 24.8 Å². The van der Waals surface area contributed by atoms with Gasteiger partial charge >= 0.3 is 0 Å². The maximum absolute atomic E-state index is 12.5. The molecule has 24 heavy (non-hydrogen) atoms. The van der Waals surface area contributed by atoms with E-state index in [1.165, 1.54) is 11.1 Å². The number of Topliss-reactive ketones (excluding diaryl/α,β-unsaturated/α-hetero) is 1. The molecule has 1 aliphatic carbocycles. The molecule has 0 saturated carbocycles. The van der Waals surface area contributed by atoms with E-state index in [9.17, 15) is 4.79 Å². The van der Waals surface area contributed by atoms with Crippen LogP contribution in [0.3, 0.4) is 0 Å². The van der Waals surface area contributed by atoms with Crippen LogP contribution in [0.2, 0.25) is 0 Å². The minimum Gasteiger partial charge on any atom is -0.378 e. The van der Waals surface area contributed by atoms with Crippen molar-refractivity contribution in [2.75, 3.05) is 31.2 Å². The number of aromatic nitrogens is 2. The third-order valence-corrected chi connectivity index (χ3v) is 4.87. The Balaban J connectivity index is 1.62. The molecule has 1 aliphatic heterocycles. The number of anilines is 1. The first-order chi connectivity index (χ1) is 11.7. The number of benzene rings is 1. The van der Waals surface area contributed by atoms with Crippen molar-refractivity contribution in [2.24, 2.45) is 0 Å². The molecule has 4 rings (SSSR count). The Bertz CT molecular complexity index is 752. The van der Waals surface area contributed by atoms with Crippen LogP contribution in [0.25, 0.3) is 0 Å². The summed E-state index contributed by atoms with van der Waals surface area (Å²) in [6, 6.07) is 8.47. The van der Waals surface area contributed by atoms with E-state index in [1.807, 2.05) is 0 Å². The van der Waals surface area contributed by atoms with Gasteiger partial charge in [-0.15, -0.1) is 0 Å². The lowest BCUT2D eigenvalue weighted by atomic mass is 9.82. The average molecular weight is 323 g/mol. The van der Waals surface area contributed by atoms with Crippen LogP contribution in [0.5, 0.6) is 0 Å². The molecule has 0 spiro atoms. The molecule has 1 aromatic heterocycles. The van der Waals surface area contributed by atoms with Crippen molar-refractivity contribution in [3.8, 4) is 0 Å². The zero-order valence-electron chi connectivity index (χ0n) is 13.9. The van der Waals surface area contributed by atoms with Gasteiger partial charge in [-0.25, -0.2) is 9.97 Å². The summed E-state index contributed by atoms with van der Waals surface area (Å²) < 4.78 is 5.38. The van der Waals surface area contributed by atoms with Crippen molar-refractivity contribution in [3.63, 3.8) is 0 Å². The topological polar surface area (TPSA) is 55.3 Å². The van der Waals surface area contributed by atoms with E-state index in [2.05, 4.69) is 41.1 Å². The van der Waals surface area contributed by atoms with Gasteiger partial charge in [0.1, 0.15) is 0 Å². The van der Waals surface area contributed by atoms with Crippen molar-refractivity contribution >= 4 is 11.7 Å². The number of fused-ring (bicyclic) bond motifs is 1. The second kappa shape index (κ2) is 6.32. The second-order valence-corrected chi connectivity index (χ2v) is 6.57. The Labute approximate surface area is 141 Å². The van der Waals surface area contributed by atoms with Gasteiger partial charge in [0.2, 0.25) is 5.95 Å². The number of carbonyl (C=O) groups is 1. The van der Waals surface area contributed by atoms with Gasteiger partial charge in [-0.3, -0.25) is 4.79 Å². The first-order valence-corrected chi connectivity index (χ1v) is 8.49. The van der Waals surface area contributed by atoms with E-state index in [1.54, 1.807) is 6.20 Å². The monoisotopic (exact) mass is 323 g/mol. The number of ketones is 1. The van der Waals surface area contributed by atoms with Gasteiger partial charge in [0, 0.05) is 25.7 Å². The largest absolute Gasteiger partial charge is 0.378 e. The highest BCUT2D eigenvalue weighted by atomic mass is 16.5. The Morgan fingerprint density at radius 1 is 1.12 bits per heavy atom. The highest BCUT2D eigenvalue weighted by Gasteiger charge is 2.28. The van der Waals surface area contributed by atoms with Gasteiger partial charge in [0.15, 0.2) is 5.78 Å². The summed E-state index contributed by atoms with van der Waals surface area (Å²) in [5.41, 5.74) is 4.02. The molecule has 1 aromatic carbocycles. The lowest BCUT2D eigenvalue weighted by molar-refractivity contribution is 0.0962. The molecule has 0 N–H and O–H groups in total. The van der Waals surface area contributed by atoms with Crippen LogP contribution in [0.15, 0.2) is 30.5 Å². The summed E-state index contributed by atoms with van der Waals surface area (Å²) in [7, 11) is 0. The van der Waals surface area contributed by atoms with Gasteiger partial charge in [0.25, 0.3) is 0 Å². The van der Waals surface area contributed by atoms with Crippen LogP contribution >= 0.6 is 0 Å². The van der Waals surface area contributed by atoms with E-state index in [0.29, 0.717) is 25.2 Å². The number of aryl methyl sites for hydroxylation is 1. The lowest BCUT2D eigenvalue weighted by Gasteiger charge is -2.28. The summed E-state index contributed by atoms with van der Waals surface area (Å²) >= 11 is 0. The summed E-state index contributed by atoms with van der Waals surface area (Å²) in [4.78, 5) is 23.8. The molecule has 2 aliphatic rings. The molecular formula is C19H21N3O2. The SMILES string of the molecule is Cc1ccc([C@@H]2CC(=O)c3cnc(N4CCOCC4)nc3C2)cc1. The highest BCUT2D eigenvalue weighted by molar-refractivity contribution is 5.98. The van der Waals surface area contributed by atoms with Crippen molar-refractivity contribution in [3.05, 3.63) is 52.8 Å².